The molecular weight excluding hydrogens is 430 g/mol. The van der Waals surface area contributed by atoms with E-state index in [0.717, 1.165) is 49.7 Å². The van der Waals surface area contributed by atoms with Gasteiger partial charge in [0.05, 0.1) is 18.5 Å². The third-order valence-corrected chi connectivity index (χ3v) is 6.18. The van der Waals surface area contributed by atoms with Gasteiger partial charge in [0.1, 0.15) is 0 Å². The number of hydrogen-bond acceptors (Lipinski definition) is 7. The lowest BCUT2D eigenvalue weighted by Gasteiger charge is -2.35. The zero-order valence-electron chi connectivity index (χ0n) is 18.8. The molecule has 0 saturated carbocycles. The zero-order valence-corrected chi connectivity index (χ0v) is 18.8. The zero-order chi connectivity index (χ0) is 23.5. The van der Waals surface area contributed by atoms with Gasteiger partial charge in [0.25, 0.3) is 0 Å². The Labute approximate surface area is 197 Å². The summed E-state index contributed by atoms with van der Waals surface area (Å²) in [5.41, 5.74) is 10.4. The van der Waals surface area contributed by atoms with Gasteiger partial charge in [0.2, 0.25) is 5.91 Å². The second-order valence-corrected chi connectivity index (χ2v) is 8.28. The first kappa shape index (κ1) is 21.9. The van der Waals surface area contributed by atoms with Crippen molar-refractivity contribution in [3.8, 4) is 11.3 Å². The number of aliphatic hydroxyl groups excluding tert-OH is 1. The Morgan fingerprint density at radius 1 is 1.00 bits per heavy atom. The highest BCUT2D eigenvalue weighted by molar-refractivity contribution is 5.93. The van der Waals surface area contributed by atoms with Crippen LogP contribution in [0.15, 0.2) is 67.1 Å². The van der Waals surface area contributed by atoms with Gasteiger partial charge in [-0.25, -0.2) is 9.97 Å². The number of piperazine rings is 1. The van der Waals surface area contributed by atoms with E-state index in [1.165, 1.54) is 5.69 Å². The van der Waals surface area contributed by atoms with Crippen LogP contribution in [0.25, 0.3) is 16.9 Å². The van der Waals surface area contributed by atoms with Crippen molar-refractivity contribution in [2.75, 3.05) is 49.5 Å². The number of nitrogens with two attached hydrogens (primary N) is 1. The first-order valence-corrected chi connectivity index (χ1v) is 11.3. The smallest absolute Gasteiger partial charge is 0.248 e. The van der Waals surface area contributed by atoms with Gasteiger partial charge in [-0.15, -0.1) is 0 Å². The maximum absolute atomic E-state index is 11.4. The van der Waals surface area contributed by atoms with E-state index in [2.05, 4.69) is 37.2 Å². The molecule has 0 atom stereocenters. The van der Waals surface area contributed by atoms with Crippen LogP contribution in [0.4, 0.5) is 17.2 Å². The van der Waals surface area contributed by atoms with Crippen LogP contribution < -0.4 is 16.0 Å². The minimum Gasteiger partial charge on any atom is -0.395 e. The van der Waals surface area contributed by atoms with E-state index < -0.39 is 5.91 Å². The van der Waals surface area contributed by atoms with Crippen LogP contribution in [-0.2, 0) is 0 Å². The highest BCUT2D eigenvalue weighted by atomic mass is 16.3. The van der Waals surface area contributed by atoms with E-state index in [0.29, 0.717) is 17.0 Å². The highest BCUT2D eigenvalue weighted by Gasteiger charge is 2.17. The average Bonchev–Trinajstić information content (AvgIpc) is 3.36. The molecule has 4 aromatic rings. The fourth-order valence-electron chi connectivity index (χ4n) is 4.29. The average molecular weight is 458 g/mol. The van der Waals surface area contributed by atoms with Crippen LogP contribution in [0.3, 0.4) is 0 Å². The number of carbonyl (C=O) groups excluding carboxylic acids is 1. The molecule has 1 aliphatic rings. The summed E-state index contributed by atoms with van der Waals surface area (Å²) >= 11 is 0. The number of fused-ring (bicyclic) bond motifs is 1. The van der Waals surface area contributed by atoms with Gasteiger partial charge in [0, 0.05) is 67.6 Å². The Morgan fingerprint density at radius 2 is 1.74 bits per heavy atom. The van der Waals surface area contributed by atoms with Crippen molar-refractivity contribution in [2.24, 2.45) is 5.73 Å². The van der Waals surface area contributed by atoms with Gasteiger partial charge < -0.3 is 21.1 Å². The molecular formula is C25H27N7O2. The van der Waals surface area contributed by atoms with Crippen LogP contribution in [0.5, 0.6) is 0 Å². The molecule has 0 radical (unpaired) electrons. The van der Waals surface area contributed by atoms with Crippen molar-refractivity contribution in [3.63, 3.8) is 0 Å². The summed E-state index contributed by atoms with van der Waals surface area (Å²) in [6.45, 7) is 4.76. The summed E-state index contributed by atoms with van der Waals surface area (Å²) in [7, 11) is 0. The quantitative estimate of drug-likeness (QED) is 0.391. The first-order chi connectivity index (χ1) is 16.6. The molecule has 0 spiro atoms. The maximum atomic E-state index is 11.4. The predicted octanol–water partition coefficient (Wildman–Crippen LogP) is 2.35. The SMILES string of the molecule is NC(=O)c1ccc(-c2cnc(Nc3ccc(N4CCN(CCO)CC4)cc3)c3nccn23)cc1. The van der Waals surface area contributed by atoms with Crippen molar-refractivity contribution in [3.05, 3.63) is 72.7 Å². The molecule has 174 valence electrons. The topological polar surface area (TPSA) is 112 Å². The standard InChI is InChI=1S/C25H27N7O2/c26-23(34)19-3-1-18(2-4-19)22-17-28-24(25-27-9-10-32(22)25)29-20-5-7-21(8-6-20)31-13-11-30(12-14-31)15-16-33/h1-10,17,33H,11-16H2,(H2,26,34)(H,28,29). The number of amides is 1. The molecule has 2 aromatic heterocycles. The Kier molecular flexibility index (Phi) is 6.11. The molecule has 9 heteroatoms. The molecule has 0 aliphatic carbocycles. The third-order valence-electron chi connectivity index (χ3n) is 6.18. The Hall–Kier alpha value is -3.95. The second-order valence-electron chi connectivity index (χ2n) is 8.28. The Morgan fingerprint density at radius 3 is 2.41 bits per heavy atom. The largest absolute Gasteiger partial charge is 0.395 e. The van der Waals surface area contributed by atoms with Gasteiger partial charge in [-0.2, -0.15) is 0 Å². The van der Waals surface area contributed by atoms with Crippen molar-refractivity contribution in [2.45, 2.75) is 0 Å². The number of rotatable bonds is 7. The molecule has 1 amide bonds. The summed E-state index contributed by atoms with van der Waals surface area (Å²) in [6.07, 6.45) is 5.42. The molecule has 1 saturated heterocycles. The van der Waals surface area contributed by atoms with Crippen LogP contribution >= 0.6 is 0 Å². The van der Waals surface area contributed by atoms with Gasteiger partial charge in [-0.1, -0.05) is 12.1 Å². The molecule has 1 fully saturated rings. The summed E-state index contributed by atoms with van der Waals surface area (Å²) in [5, 5.41) is 12.5. The minimum atomic E-state index is -0.452. The second kappa shape index (κ2) is 9.50. The lowest BCUT2D eigenvalue weighted by molar-refractivity contribution is 0.100. The number of carbonyl (C=O) groups is 1. The third kappa shape index (κ3) is 4.43. The Bertz CT molecular complexity index is 1280. The number of aliphatic hydroxyl groups is 1. The maximum Gasteiger partial charge on any atom is 0.248 e. The molecule has 4 N–H and O–H groups in total. The lowest BCUT2D eigenvalue weighted by Crippen LogP contribution is -2.47. The molecule has 34 heavy (non-hydrogen) atoms. The minimum absolute atomic E-state index is 0.209. The van der Waals surface area contributed by atoms with Gasteiger partial charge >= 0.3 is 0 Å². The lowest BCUT2D eigenvalue weighted by atomic mass is 10.1. The number of benzene rings is 2. The van der Waals surface area contributed by atoms with Gasteiger partial charge in [-0.05, 0) is 36.4 Å². The van der Waals surface area contributed by atoms with E-state index >= 15 is 0 Å². The number of nitrogens with zero attached hydrogens (tertiary/aromatic N) is 5. The van der Waals surface area contributed by atoms with Crippen LogP contribution in [0, 0.1) is 0 Å². The summed E-state index contributed by atoms with van der Waals surface area (Å²) in [6, 6.07) is 15.4. The number of imidazole rings is 1. The van der Waals surface area contributed by atoms with Crippen LogP contribution in [0.2, 0.25) is 0 Å². The highest BCUT2D eigenvalue weighted by Crippen LogP contribution is 2.27. The van der Waals surface area contributed by atoms with Gasteiger partial charge in [0.15, 0.2) is 11.5 Å². The fourth-order valence-corrected chi connectivity index (χ4v) is 4.29. The van der Waals surface area contributed by atoms with E-state index in [9.17, 15) is 4.79 Å². The van der Waals surface area contributed by atoms with Crippen LogP contribution in [-0.4, -0.2) is 69.6 Å². The van der Waals surface area contributed by atoms with E-state index in [-0.39, 0.29) is 6.61 Å². The number of aromatic nitrogens is 3. The van der Waals surface area contributed by atoms with E-state index in [1.807, 2.05) is 34.9 Å². The molecule has 0 bridgehead atoms. The first-order valence-electron chi connectivity index (χ1n) is 11.3. The van der Waals surface area contributed by atoms with Crippen molar-refractivity contribution in [1.29, 1.82) is 0 Å². The molecule has 0 unspecified atom stereocenters. The molecule has 5 rings (SSSR count). The number of β-amino-alcohol motifs (C(OH)–C–C–N with tert-alkyl or cyclic N) is 1. The van der Waals surface area contributed by atoms with E-state index in [1.54, 1.807) is 24.5 Å². The molecule has 3 heterocycles. The summed E-state index contributed by atoms with van der Waals surface area (Å²) in [5.74, 6) is 0.208. The monoisotopic (exact) mass is 457 g/mol. The number of nitrogens with one attached hydrogen (secondary N) is 1. The fraction of sp³-hybridized carbons (Fsp3) is 0.240. The summed E-state index contributed by atoms with van der Waals surface area (Å²) < 4.78 is 1.97. The van der Waals surface area contributed by atoms with E-state index in [4.69, 9.17) is 10.8 Å². The molecule has 2 aromatic carbocycles. The van der Waals surface area contributed by atoms with Crippen molar-refractivity contribution in [1.82, 2.24) is 19.3 Å². The van der Waals surface area contributed by atoms with Crippen molar-refractivity contribution >= 4 is 28.7 Å². The Balaban J connectivity index is 1.32. The predicted molar refractivity (Wildman–Crippen MR) is 132 cm³/mol. The molecule has 1 aliphatic heterocycles. The van der Waals surface area contributed by atoms with Crippen molar-refractivity contribution < 1.29 is 9.90 Å². The normalized spacial score (nSPS) is 14.4. The molecule has 9 nitrogen and oxygen atoms in total. The number of primary amides is 1. The summed E-state index contributed by atoms with van der Waals surface area (Å²) in [4.78, 5) is 25.1. The number of anilines is 3. The number of hydrogen-bond donors (Lipinski definition) is 3. The van der Waals surface area contributed by atoms with Crippen LogP contribution in [0.1, 0.15) is 10.4 Å². The van der Waals surface area contributed by atoms with Gasteiger partial charge in [-0.3, -0.25) is 14.1 Å².